The second-order valence-electron chi connectivity index (χ2n) is 8.45. The highest BCUT2D eigenvalue weighted by atomic mass is 16.5. The van der Waals surface area contributed by atoms with E-state index in [-0.39, 0.29) is 23.7 Å². The smallest absolute Gasteiger partial charge is 0.224 e. The van der Waals surface area contributed by atoms with E-state index in [0.29, 0.717) is 17.9 Å². The van der Waals surface area contributed by atoms with Crippen LogP contribution in [-0.4, -0.2) is 57.0 Å². The van der Waals surface area contributed by atoms with Gasteiger partial charge in [-0.15, -0.1) is 0 Å². The molecule has 6 nitrogen and oxygen atoms in total. The number of methoxy groups -OCH3 is 2. The summed E-state index contributed by atoms with van der Waals surface area (Å²) in [6, 6.07) is 3.62. The number of hydrogen-bond acceptors (Lipinski definition) is 5. The van der Waals surface area contributed by atoms with E-state index >= 15 is 0 Å². The van der Waals surface area contributed by atoms with Gasteiger partial charge >= 0.3 is 0 Å². The van der Waals surface area contributed by atoms with E-state index in [2.05, 4.69) is 11.9 Å². The van der Waals surface area contributed by atoms with E-state index in [1.807, 2.05) is 30.0 Å². The molecule has 0 aromatic heterocycles. The summed E-state index contributed by atoms with van der Waals surface area (Å²) >= 11 is 0. The molecule has 4 aliphatic rings. The second kappa shape index (κ2) is 7.17. The van der Waals surface area contributed by atoms with Crippen LogP contribution in [-0.2, 0) is 15.0 Å². The summed E-state index contributed by atoms with van der Waals surface area (Å²) in [5.74, 6) is 1.48. The Bertz CT molecular complexity index is 893. The lowest BCUT2D eigenvalue weighted by Crippen LogP contribution is -2.56. The average Bonchev–Trinajstić information content (AvgIpc) is 3.03. The van der Waals surface area contributed by atoms with Crippen LogP contribution in [0.2, 0.25) is 0 Å². The Morgan fingerprint density at radius 3 is 2.52 bits per heavy atom. The maximum Gasteiger partial charge on any atom is 0.224 e. The van der Waals surface area contributed by atoms with Crippen LogP contribution in [0.4, 0.5) is 5.69 Å². The van der Waals surface area contributed by atoms with Gasteiger partial charge in [-0.3, -0.25) is 9.59 Å². The molecule has 3 aliphatic heterocycles. The third-order valence-corrected chi connectivity index (χ3v) is 7.13. The van der Waals surface area contributed by atoms with Crippen LogP contribution in [0.3, 0.4) is 0 Å². The molecule has 156 valence electrons. The molecule has 1 amide bonds. The number of carbonyl (C=O) groups is 2. The van der Waals surface area contributed by atoms with Gasteiger partial charge in [-0.05, 0) is 69.4 Å². The number of fused-ring (bicyclic) bond motifs is 6. The molecule has 29 heavy (non-hydrogen) atoms. The summed E-state index contributed by atoms with van der Waals surface area (Å²) in [6.07, 6.45) is 4.41. The molecule has 1 aromatic carbocycles. The summed E-state index contributed by atoms with van der Waals surface area (Å²) in [6.45, 7) is 5.32. The van der Waals surface area contributed by atoms with Gasteiger partial charge < -0.3 is 19.3 Å². The molecule has 1 spiro atoms. The van der Waals surface area contributed by atoms with Crippen LogP contribution in [0.25, 0.3) is 0 Å². The Balaban J connectivity index is 2.02. The molecule has 1 saturated carbocycles. The molecule has 1 aromatic rings. The lowest BCUT2D eigenvalue weighted by molar-refractivity contribution is -0.124. The number of benzene rings is 1. The molecule has 5 rings (SSSR count). The van der Waals surface area contributed by atoms with Crippen molar-refractivity contribution < 1.29 is 19.1 Å². The first-order chi connectivity index (χ1) is 13.9. The molecule has 1 aliphatic carbocycles. The Morgan fingerprint density at radius 1 is 1.21 bits per heavy atom. The molecule has 6 heteroatoms. The van der Waals surface area contributed by atoms with Crippen LogP contribution in [0, 0.1) is 5.92 Å². The summed E-state index contributed by atoms with van der Waals surface area (Å²) in [5, 5.41) is 0. The fourth-order valence-electron chi connectivity index (χ4n) is 5.71. The van der Waals surface area contributed by atoms with Crippen molar-refractivity contribution in [1.82, 2.24) is 4.90 Å². The van der Waals surface area contributed by atoms with Crippen LogP contribution >= 0.6 is 0 Å². The fraction of sp³-hybridized carbons (Fsp3) is 0.565. The fourth-order valence-corrected chi connectivity index (χ4v) is 5.71. The number of rotatable bonds is 2. The topological polar surface area (TPSA) is 59.1 Å². The Hall–Kier alpha value is -2.34. The number of anilines is 1. The second-order valence-corrected chi connectivity index (χ2v) is 8.45. The van der Waals surface area contributed by atoms with E-state index in [0.717, 1.165) is 42.8 Å². The molecule has 2 saturated heterocycles. The molecule has 3 unspecified atom stereocenters. The van der Waals surface area contributed by atoms with Gasteiger partial charge in [0, 0.05) is 13.0 Å². The van der Waals surface area contributed by atoms with Gasteiger partial charge in [-0.1, -0.05) is 6.08 Å². The largest absolute Gasteiger partial charge is 0.493 e. The summed E-state index contributed by atoms with van der Waals surface area (Å²) in [5.41, 5.74) is 1.86. The van der Waals surface area contributed by atoms with Crippen LogP contribution in [0.5, 0.6) is 11.5 Å². The van der Waals surface area contributed by atoms with E-state index in [4.69, 9.17) is 9.47 Å². The number of Topliss-reactive ketones (excluding diaryl/α,β-unsaturated/α-hetero) is 1. The van der Waals surface area contributed by atoms with E-state index in [1.54, 1.807) is 21.1 Å². The Morgan fingerprint density at radius 2 is 1.90 bits per heavy atom. The highest BCUT2D eigenvalue weighted by Gasteiger charge is 2.61. The van der Waals surface area contributed by atoms with Crippen molar-refractivity contribution in [2.45, 2.75) is 44.6 Å². The molecule has 3 fully saturated rings. The van der Waals surface area contributed by atoms with Gasteiger partial charge in [-0.25, -0.2) is 0 Å². The number of allylic oxidation sites excluding steroid dienone is 2. The highest BCUT2D eigenvalue weighted by molar-refractivity contribution is 6.11. The summed E-state index contributed by atoms with van der Waals surface area (Å²) < 4.78 is 11.1. The minimum absolute atomic E-state index is 0.0339. The minimum atomic E-state index is -0.739. The first kappa shape index (κ1) is 20.0. The molecule has 3 heterocycles. The van der Waals surface area contributed by atoms with Crippen molar-refractivity contribution in [2.24, 2.45) is 5.92 Å². The van der Waals surface area contributed by atoms with Crippen molar-refractivity contribution in [3.63, 3.8) is 0 Å². The molecule has 0 N–H and O–H groups in total. The molecule has 3 atom stereocenters. The van der Waals surface area contributed by atoms with Gasteiger partial charge in [0.25, 0.3) is 0 Å². The summed E-state index contributed by atoms with van der Waals surface area (Å²) in [7, 11) is 5.31. The number of nitrogens with zero attached hydrogens (tertiary/aromatic N) is 2. The predicted molar refractivity (Wildman–Crippen MR) is 112 cm³/mol. The van der Waals surface area contributed by atoms with E-state index < -0.39 is 5.41 Å². The Labute approximate surface area is 172 Å². The number of hydrogen-bond donors (Lipinski definition) is 0. The minimum Gasteiger partial charge on any atom is -0.493 e. The SMILES string of the molecule is CC=C1C(=O)C23CCN(C)CCC1CC2N(C(C)=O)c1cc(OC)c(OC)cc13. The van der Waals surface area contributed by atoms with Gasteiger partial charge in [0.05, 0.1) is 31.4 Å². The van der Waals surface area contributed by atoms with Crippen molar-refractivity contribution in [1.29, 1.82) is 0 Å². The third-order valence-electron chi connectivity index (χ3n) is 7.13. The van der Waals surface area contributed by atoms with E-state index in [1.165, 1.54) is 0 Å². The predicted octanol–water partition coefficient (Wildman–Crippen LogP) is 2.94. The number of ketones is 1. The quantitative estimate of drug-likeness (QED) is 0.717. The summed E-state index contributed by atoms with van der Waals surface area (Å²) in [4.78, 5) is 31.0. The Kier molecular flexibility index (Phi) is 4.93. The zero-order valence-electron chi connectivity index (χ0n) is 17.9. The first-order valence-electron chi connectivity index (χ1n) is 10.3. The van der Waals surface area contributed by atoms with Crippen molar-refractivity contribution in [3.8, 4) is 11.5 Å². The van der Waals surface area contributed by atoms with Gasteiger partial charge in [0.2, 0.25) is 5.91 Å². The molecule has 2 bridgehead atoms. The molecular formula is C23H30N2O4. The number of carbonyl (C=O) groups excluding carboxylic acids is 2. The maximum atomic E-state index is 14.0. The third kappa shape index (κ3) is 2.72. The normalized spacial score (nSPS) is 30.4. The van der Waals surface area contributed by atoms with E-state index in [9.17, 15) is 9.59 Å². The lowest BCUT2D eigenvalue weighted by atomic mass is 9.60. The lowest BCUT2D eigenvalue weighted by Gasteiger charge is -2.44. The zero-order valence-corrected chi connectivity index (χ0v) is 17.9. The van der Waals surface area contributed by atoms with Crippen molar-refractivity contribution in [2.75, 3.05) is 39.3 Å². The van der Waals surface area contributed by atoms with Crippen LogP contribution in [0.15, 0.2) is 23.8 Å². The van der Waals surface area contributed by atoms with Crippen LogP contribution < -0.4 is 14.4 Å². The molecule has 0 radical (unpaired) electrons. The maximum absolute atomic E-state index is 14.0. The monoisotopic (exact) mass is 398 g/mol. The number of amides is 1. The first-order valence-corrected chi connectivity index (χ1v) is 10.3. The highest BCUT2D eigenvalue weighted by Crippen LogP contribution is 2.57. The zero-order chi connectivity index (χ0) is 20.9. The van der Waals surface area contributed by atoms with Gasteiger partial charge in [0.15, 0.2) is 17.3 Å². The number of ether oxygens (including phenoxy) is 2. The standard InChI is InChI=1S/C23H30N2O4/c1-6-16-15-7-9-24(3)10-8-23(22(16)27)17-12-19(28-4)20(29-5)13-18(17)25(14(2)26)21(23)11-15/h6,12-13,15,21H,7-11H2,1-5H3. The van der Waals surface area contributed by atoms with Crippen molar-refractivity contribution in [3.05, 3.63) is 29.3 Å². The van der Waals surface area contributed by atoms with Gasteiger partial charge in [-0.2, -0.15) is 0 Å². The molecular weight excluding hydrogens is 368 g/mol. The van der Waals surface area contributed by atoms with Crippen molar-refractivity contribution >= 4 is 17.4 Å². The van der Waals surface area contributed by atoms with Gasteiger partial charge in [0.1, 0.15) is 0 Å². The van der Waals surface area contributed by atoms with Crippen LogP contribution in [0.1, 0.15) is 38.7 Å². The average molecular weight is 399 g/mol.